The molecule has 0 spiro atoms. The Bertz CT molecular complexity index is 685. The molecular formula is C12H17N5O3S. The molecule has 21 heavy (non-hydrogen) atoms. The number of anilines is 2. The minimum Gasteiger partial charge on any atom is -0.397 e. The van der Waals surface area contributed by atoms with Crippen LogP contribution in [-0.4, -0.2) is 31.6 Å². The van der Waals surface area contributed by atoms with Gasteiger partial charge in [-0.3, -0.25) is 0 Å². The van der Waals surface area contributed by atoms with Crippen molar-refractivity contribution in [1.82, 2.24) is 14.9 Å². The summed E-state index contributed by atoms with van der Waals surface area (Å²) in [6.45, 7) is 2.56. The summed E-state index contributed by atoms with van der Waals surface area (Å²) >= 11 is 0. The second-order valence-electron chi connectivity index (χ2n) is 4.27. The highest BCUT2D eigenvalue weighted by atomic mass is 32.2. The van der Waals surface area contributed by atoms with Crippen LogP contribution >= 0.6 is 0 Å². The minimum atomic E-state index is -3.50. The van der Waals surface area contributed by atoms with Crippen LogP contribution in [0.1, 0.15) is 12.7 Å². The smallest absolute Gasteiger partial charge is 0.240 e. The van der Waals surface area contributed by atoms with Crippen LogP contribution < -0.4 is 15.8 Å². The lowest BCUT2D eigenvalue weighted by atomic mass is 10.2. The average molecular weight is 311 g/mol. The van der Waals surface area contributed by atoms with Crippen LogP contribution in [0.25, 0.3) is 0 Å². The number of hydrogen-bond acceptors (Lipinski definition) is 7. The quantitative estimate of drug-likeness (QED) is 0.640. The third kappa shape index (κ3) is 3.92. The first-order valence-electron chi connectivity index (χ1n) is 6.41. The average Bonchev–Trinajstić information content (AvgIpc) is 2.94. The van der Waals surface area contributed by atoms with Gasteiger partial charge in [0.05, 0.1) is 16.3 Å². The van der Waals surface area contributed by atoms with Crippen LogP contribution in [-0.2, 0) is 16.4 Å². The Labute approximate surface area is 122 Å². The van der Waals surface area contributed by atoms with Gasteiger partial charge in [-0.25, -0.2) is 13.1 Å². The van der Waals surface area contributed by atoms with Gasteiger partial charge in [-0.15, -0.1) is 0 Å². The Morgan fingerprint density at radius 3 is 2.86 bits per heavy atom. The molecule has 114 valence electrons. The number of rotatable bonds is 7. The van der Waals surface area contributed by atoms with E-state index in [4.69, 9.17) is 5.73 Å². The second-order valence-corrected chi connectivity index (χ2v) is 6.04. The van der Waals surface area contributed by atoms with E-state index in [1.807, 2.05) is 0 Å². The Morgan fingerprint density at radius 2 is 2.19 bits per heavy atom. The van der Waals surface area contributed by atoms with E-state index in [1.54, 1.807) is 13.0 Å². The zero-order valence-corrected chi connectivity index (χ0v) is 12.4. The van der Waals surface area contributed by atoms with Gasteiger partial charge >= 0.3 is 0 Å². The molecule has 2 rings (SSSR count). The molecule has 0 aliphatic heterocycles. The first-order chi connectivity index (χ1) is 10.0. The summed E-state index contributed by atoms with van der Waals surface area (Å²) in [4.78, 5) is 4.06. The standard InChI is InChI=1S/C12H17N5O3S/c1-2-16-21(18,19)9-3-4-10(13)11(7-9)14-6-5-12-15-8-20-17-12/h3-4,7-8,14,16H,2,5-6,13H2,1H3. The molecule has 9 heteroatoms. The number of nitrogens with two attached hydrogens (primary N) is 1. The number of nitrogens with zero attached hydrogens (tertiary/aromatic N) is 2. The molecular weight excluding hydrogens is 294 g/mol. The van der Waals surface area contributed by atoms with Crippen LogP contribution in [0.3, 0.4) is 0 Å². The molecule has 0 atom stereocenters. The van der Waals surface area contributed by atoms with Gasteiger partial charge < -0.3 is 15.6 Å². The SMILES string of the molecule is CCNS(=O)(=O)c1ccc(N)c(NCCc2ncon2)c1. The molecule has 1 heterocycles. The maximum Gasteiger partial charge on any atom is 0.240 e. The first kappa shape index (κ1) is 15.3. The monoisotopic (exact) mass is 311 g/mol. The van der Waals surface area contributed by atoms with Gasteiger partial charge in [-0.2, -0.15) is 4.98 Å². The molecule has 0 aliphatic rings. The summed E-state index contributed by atoms with van der Waals surface area (Å²) in [5.74, 6) is 0.567. The summed E-state index contributed by atoms with van der Waals surface area (Å²) in [5.41, 5.74) is 6.86. The molecule has 0 aliphatic carbocycles. The fraction of sp³-hybridized carbons (Fsp3) is 0.333. The fourth-order valence-electron chi connectivity index (χ4n) is 1.74. The summed E-state index contributed by atoms with van der Waals surface area (Å²) in [7, 11) is -3.50. The fourth-order valence-corrected chi connectivity index (χ4v) is 2.81. The molecule has 0 saturated heterocycles. The summed E-state index contributed by atoms with van der Waals surface area (Å²) in [5, 5.41) is 6.75. The molecule has 0 fully saturated rings. The van der Waals surface area contributed by atoms with E-state index in [-0.39, 0.29) is 4.90 Å². The van der Waals surface area contributed by atoms with Crippen molar-refractivity contribution in [1.29, 1.82) is 0 Å². The molecule has 0 saturated carbocycles. The van der Waals surface area contributed by atoms with Gasteiger partial charge in [-0.05, 0) is 18.2 Å². The molecule has 4 N–H and O–H groups in total. The Balaban J connectivity index is 2.08. The van der Waals surface area contributed by atoms with Crippen molar-refractivity contribution in [3.05, 3.63) is 30.4 Å². The van der Waals surface area contributed by atoms with E-state index < -0.39 is 10.0 Å². The number of hydrogen-bond donors (Lipinski definition) is 3. The van der Waals surface area contributed by atoms with E-state index in [0.29, 0.717) is 36.7 Å². The predicted molar refractivity (Wildman–Crippen MR) is 78.2 cm³/mol. The van der Waals surface area contributed by atoms with Crippen LogP contribution in [0.2, 0.25) is 0 Å². The maximum atomic E-state index is 11.9. The van der Waals surface area contributed by atoms with Crippen LogP contribution in [0.4, 0.5) is 11.4 Å². The normalized spacial score (nSPS) is 11.5. The predicted octanol–water partition coefficient (Wildman–Crippen LogP) is 0.605. The van der Waals surface area contributed by atoms with E-state index >= 15 is 0 Å². The Hall–Kier alpha value is -2.13. The van der Waals surface area contributed by atoms with Crippen molar-refractivity contribution >= 4 is 21.4 Å². The molecule has 0 radical (unpaired) electrons. The number of nitrogens with one attached hydrogen (secondary N) is 2. The summed E-state index contributed by atoms with van der Waals surface area (Å²) in [6.07, 6.45) is 1.80. The largest absolute Gasteiger partial charge is 0.397 e. The summed E-state index contributed by atoms with van der Waals surface area (Å²) < 4.78 is 31.0. The molecule has 0 amide bonds. The van der Waals surface area contributed by atoms with E-state index in [1.165, 1.54) is 18.5 Å². The van der Waals surface area contributed by atoms with Crippen LogP contribution in [0.5, 0.6) is 0 Å². The summed E-state index contributed by atoms with van der Waals surface area (Å²) in [6, 6.07) is 4.53. The Kier molecular flexibility index (Phi) is 4.76. The van der Waals surface area contributed by atoms with E-state index in [2.05, 4.69) is 24.7 Å². The van der Waals surface area contributed by atoms with Gasteiger partial charge in [-0.1, -0.05) is 12.1 Å². The molecule has 8 nitrogen and oxygen atoms in total. The van der Waals surface area contributed by atoms with Gasteiger partial charge in [0.15, 0.2) is 5.82 Å². The second kappa shape index (κ2) is 6.55. The lowest BCUT2D eigenvalue weighted by molar-refractivity contribution is 0.410. The van der Waals surface area contributed by atoms with E-state index in [9.17, 15) is 8.42 Å². The maximum absolute atomic E-state index is 11.9. The number of benzene rings is 1. The molecule has 0 unspecified atom stereocenters. The van der Waals surface area contributed by atoms with Crippen molar-refractivity contribution < 1.29 is 12.9 Å². The van der Waals surface area contributed by atoms with Crippen molar-refractivity contribution in [2.75, 3.05) is 24.1 Å². The van der Waals surface area contributed by atoms with Crippen molar-refractivity contribution in [2.45, 2.75) is 18.2 Å². The van der Waals surface area contributed by atoms with Gasteiger partial charge in [0.2, 0.25) is 16.4 Å². The number of sulfonamides is 1. The highest BCUT2D eigenvalue weighted by Gasteiger charge is 2.14. The van der Waals surface area contributed by atoms with Crippen LogP contribution in [0.15, 0.2) is 34.0 Å². The van der Waals surface area contributed by atoms with Crippen LogP contribution in [0, 0.1) is 0 Å². The van der Waals surface area contributed by atoms with Gasteiger partial charge in [0, 0.05) is 19.5 Å². The highest BCUT2D eigenvalue weighted by Crippen LogP contribution is 2.22. The molecule has 1 aromatic heterocycles. The third-order valence-electron chi connectivity index (χ3n) is 2.74. The third-order valence-corrected chi connectivity index (χ3v) is 4.28. The zero-order chi connectivity index (χ0) is 15.3. The van der Waals surface area contributed by atoms with Gasteiger partial charge in [0.1, 0.15) is 0 Å². The lowest BCUT2D eigenvalue weighted by Crippen LogP contribution is -2.23. The minimum absolute atomic E-state index is 0.167. The van der Waals surface area contributed by atoms with Crippen molar-refractivity contribution in [3.8, 4) is 0 Å². The van der Waals surface area contributed by atoms with Crippen molar-refractivity contribution in [2.24, 2.45) is 0 Å². The number of nitrogen functional groups attached to an aromatic ring is 1. The zero-order valence-electron chi connectivity index (χ0n) is 11.5. The molecule has 1 aromatic carbocycles. The number of aromatic nitrogens is 2. The topological polar surface area (TPSA) is 123 Å². The lowest BCUT2D eigenvalue weighted by Gasteiger charge is -2.11. The molecule has 2 aromatic rings. The highest BCUT2D eigenvalue weighted by molar-refractivity contribution is 7.89. The Morgan fingerprint density at radius 1 is 1.38 bits per heavy atom. The first-order valence-corrected chi connectivity index (χ1v) is 7.89. The van der Waals surface area contributed by atoms with Crippen molar-refractivity contribution in [3.63, 3.8) is 0 Å². The van der Waals surface area contributed by atoms with Gasteiger partial charge in [0.25, 0.3) is 0 Å². The van der Waals surface area contributed by atoms with E-state index in [0.717, 1.165) is 0 Å². The molecule has 0 bridgehead atoms.